The van der Waals surface area contributed by atoms with E-state index in [1.165, 1.54) is 11.8 Å². The van der Waals surface area contributed by atoms with Crippen molar-refractivity contribution >= 4 is 17.7 Å². The summed E-state index contributed by atoms with van der Waals surface area (Å²) in [4.78, 5) is 16.8. The Kier molecular flexibility index (Phi) is 5.44. The minimum atomic E-state index is -0.197. The van der Waals surface area contributed by atoms with Crippen LogP contribution in [0.2, 0.25) is 0 Å². The number of thioether (sulfide) groups is 1. The molecule has 1 N–H and O–H groups in total. The number of rotatable bonds is 7. The van der Waals surface area contributed by atoms with Gasteiger partial charge in [-0.1, -0.05) is 16.9 Å². The lowest BCUT2D eigenvalue weighted by atomic mass is 10.2. The topological polar surface area (TPSA) is 98.7 Å². The van der Waals surface area contributed by atoms with Gasteiger partial charge >= 0.3 is 0 Å². The molecule has 0 spiro atoms. The van der Waals surface area contributed by atoms with Crippen molar-refractivity contribution in [2.24, 2.45) is 0 Å². The third-order valence-electron chi connectivity index (χ3n) is 3.49. The molecule has 3 aromatic rings. The highest BCUT2D eigenvalue weighted by Gasteiger charge is 2.14. The van der Waals surface area contributed by atoms with Crippen LogP contribution in [0, 0.1) is 6.92 Å². The molecule has 0 bridgehead atoms. The molecule has 0 unspecified atom stereocenters. The number of hydrogen-bond donors (Lipinski definition) is 1. The lowest BCUT2D eigenvalue weighted by Crippen LogP contribution is -2.25. The second kappa shape index (κ2) is 7.93. The van der Waals surface area contributed by atoms with Gasteiger partial charge in [0.25, 0.3) is 5.91 Å². The van der Waals surface area contributed by atoms with Crippen molar-refractivity contribution in [1.29, 1.82) is 0 Å². The van der Waals surface area contributed by atoms with E-state index < -0.39 is 0 Å². The minimum Gasteiger partial charge on any atom is -0.361 e. The first-order chi connectivity index (χ1) is 12.2. The molecular weight excluding hydrogens is 340 g/mol. The quantitative estimate of drug-likeness (QED) is 0.646. The van der Waals surface area contributed by atoms with E-state index >= 15 is 0 Å². The zero-order chi connectivity index (χ0) is 17.6. The first-order valence-corrected chi connectivity index (χ1v) is 8.80. The van der Waals surface area contributed by atoms with Crippen LogP contribution in [0.25, 0.3) is 0 Å². The van der Waals surface area contributed by atoms with Crippen LogP contribution >= 0.6 is 11.8 Å². The molecule has 3 heterocycles. The van der Waals surface area contributed by atoms with E-state index in [1.807, 2.05) is 24.5 Å². The van der Waals surface area contributed by atoms with Gasteiger partial charge in [0.2, 0.25) is 0 Å². The monoisotopic (exact) mass is 358 g/mol. The Morgan fingerprint density at radius 2 is 2.32 bits per heavy atom. The summed E-state index contributed by atoms with van der Waals surface area (Å²) < 4.78 is 6.94. The van der Waals surface area contributed by atoms with Crippen molar-refractivity contribution in [2.75, 3.05) is 0 Å². The standard InChI is InChI=1S/C16H18N6O2S/c1-3-22-10-19-20-14(22)8-18-15(23)13-5-4-6-17-16(13)25-9-12-7-11(2)24-21-12/h4-7,10H,3,8-9H2,1-2H3,(H,18,23). The number of carbonyl (C=O) groups is 1. The van der Waals surface area contributed by atoms with Gasteiger partial charge in [-0.15, -0.1) is 10.2 Å². The van der Waals surface area contributed by atoms with Gasteiger partial charge in [0.1, 0.15) is 17.1 Å². The van der Waals surface area contributed by atoms with Gasteiger partial charge in [-0.05, 0) is 26.0 Å². The molecule has 9 heteroatoms. The van der Waals surface area contributed by atoms with E-state index in [0.29, 0.717) is 28.7 Å². The predicted octanol–water partition coefficient (Wildman–Crippen LogP) is 2.21. The molecule has 0 atom stereocenters. The maximum absolute atomic E-state index is 12.5. The lowest BCUT2D eigenvalue weighted by molar-refractivity contribution is 0.0946. The fourth-order valence-electron chi connectivity index (χ4n) is 2.24. The van der Waals surface area contributed by atoms with Crippen LogP contribution in [0.1, 0.15) is 34.6 Å². The highest BCUT2D eigenvalue weighted by molar-refractivity contribution is 7.98. The highest BCUT2D eigenvalue weighted by atomic mass is 32.2. The Balaban J connectivity index is 1.66. The number of nitrogens with one attached hydrogen (secondary N) is 1. The van der Waals surface area contributed by atoms with E-state index in [-0.39, 0.29) is 5.91 Å². The van der Waals surface area contributed by atoms with Gasteiger partial charge in [-0.3, -0.25) is 4.79 Å². The molecule has 0 radical (unpaired) electrons. The van der Waals surface area contributed by atoms with Gasteiger partial charge in [-0.25, -0.2) is 4.98 Å². The van der Waals surface area contributed by atoms with Crippen molar-refractivity contribution in [3.8, 4) is 0 Å². The molecule has 3 rings (SSSR count). The maximum Gasteiger partial charge on any atom is 0.254 e. The summed E-state index contributed by atoms with van der Waals surface area (Å²) in [7, 11) is 0. The zero-order valence-corrected chi connectivity index (χ0v) is 14.8. The molecule has 1 amide bonds. The molecule has 25 heavy (non-hydrogen) atoms. The summed E-state index contributed by atoms with van der Waals surface area (Å²) in [6.07, 6.45) is 3.31. The maximum atomic E-state index is 12.5. The van der Waals surface area contributed by atoms with Crippen molar-refractivity contribution in [1.82, 2.24) is 30.2 Å². The minimum absolute atomic E-state index is 0.197. The number of carbonyl (C=O) groups excluding carboxylic acids is 1. The summed E-state index contributed by atoms with van der Waals surface area (Å²) in [5, 5.41) is 15.3. The molecule has 0 aromatic carbocycles. The van der Waals surface area contributed by atoms with Crippen molar-refractivity contribution in [2.45, 2.75) is 37.7 Å². The van der Waals surface area contributed by atoms with E-state index in [0.717, 1.165) is 18.0 Å². The second-order valence-corrected chi connectivity index (χ2v) is 6.25. The molecule has 8 nitrogen and oxygen atoms in total. The third kappa shape index (κ3) is 4.24. The number of amides is 1. The summed E-state index contributed by atoms with van der Waals surface area (Å²) in [6.45, 7) is 4.91. The first-order valence-electron chi connectivity index (χ1n) is 7.82. The summed E-state index contributed by atoms with van der Waals surface area (Å²) >= 11 is 1.45. The van der Waals surface area contributed by atoms with Crippen molar-refractivity contribution in [3.63, 3.8) is 0 Å². The fourth-order valence-corrected chi connectivity index (χ4v) is 3.11. The molecule has 0 saturated carbocycles. The van der Waals surface area contributed by atoms with Crippen molar-refractivity contribution in [3.05, 3.63) is 53.6 Å². The van der Waals surface area contributed by atoms with Crippen LogP contribution in [0.5, 0.6) is 0 Å². The van der Waals surface area contributed by atoms with Crippen LogP contribution < -0.4 is 5.32 Å². The Bertz CT molecular complexity index is 860. The molecule has 0 saturated heterocycles. The van der Waals surface area contributed by atoms with Crippen LogP contribution in [-0.4, -0.2) is 30.8 Å². The summed E-state index contributed by atoms with van der Waals surface area (Å²) in [5.41, 5.74) is 1.34. The Morgan fingerprint density at radius 3 is 3.08 bits per heavy atom. The predicted molar refractivity (Wildman–Crippen MR) is 91.9 cm³/mol. The van der Waals surface area contributed by atoms with Crippen molar-refractivity contribution < 1.29 is 9.32 Å². The fraction of sp³-hybridized carbons (Fsp3) is 0.312. The van der Waals surface area contributed by atoms with Gasteiger partial charge in [-0.2, -0.15) is 0 Å². The highest BCUT2D eigenvalue weighted by Crippen LogP contribution is 2.24. The van der Waals surface area contributed by atoms with E-state index in [2.05, 4.69) is 25.7 Å². The Morgan fingerprint density at radius 1 is 1.44 bits per heavy atom. The Hall–Kier alpha value is -2.68. The van der Waals surface area contributed by atoms with E-state index in [4.69, 9.17) is 4.52 Å². The van der Waals surface area contributed by atoms with E-state index in [9.17, 15) is 4.79 Å². The molecule has 0 aliphatic carbocycles. The number of nitrogens with zero attached hydrogens (tertiary/aromatic N) is 5. The Labute approximate surface area is 149 Å². The molecule has 3 aromatic heterocycles. The molecule has 130 valence electrons. The van der Waals surface area contributed by atoms with E-state index in [1.54, 1.807) is 24.7 Å². The SMILES string of the molecule is CCn1cnnc1CNC(=O)c1cccnc1SCc1cc(C)on1. The zero-order valence-electron chi connectivity index (χ0n) is 14.0. The van der Waals surface area contributed by atoms with Gasteiger partial charge < -0.3 is 14.4 Å². The smallest absolute Gasteiger partial charge is 0.254 e. The number of aromatic nitrogens is 5. The van der Waals surface area contributed by atoms with Gasteiger partial charge in [0.15, 0.2) is 5.82 Å². The molecular formula is C16H18N6O2S. The average molecular weight is 358 g/mol. The molecule has 0 aliphatic heterocycles. The largest absolute Gasteiger partial charge is 0.361 e. The second-order valence-electron chi connectivity index (χ2n) is 5.29. The number of pyridine rings is 1. The summed E-state index contributed by atoms with van der Waals surface area (Å²) in [6, 6.07) is 5.37. The summed E-state index contributed by atoms with van der Waals surface area (Å²) in [5.74, 6) is 1.86. The lowest BCUT2D eigenvalue weighted by Gasteiger charge is -2.09. The van der Waals surface area contributed by atoms with Crippen LogP contribution in [0.4, 0.5) is 0 Å². The third-order valence-corrected chi connectivity index (χ3v) is 4.53. The number of aryl methyl sites for hydroxylation is 2. The first kappa shape index (κ1) is 17.2. The number of hydrogen-bond acceptors (Lipinski definition) is 7. The molecule has 0 aliphatic rings. The van der Waals surface area contributed by atoms with Crippen LogP contribution in [0.3, 0.4) is 0 Å². The van der Waals surface area contributed by atoms with Crippen LogP contribution in [-0.2, 0) is 18.8 Å². The molecule has 0 fully saturated rings. The van der Waals surface area contributed by atoms with Gasteiger partial charge in [0, 0.05) is 24.6 Å². The van der Waals surface area contributed by atoms with Gasteiger partial charge in [0.05, 0.1) is 17.8 Å². The average Bonchev–Trinajstić information content (AvgIpc) is 3.26. The normalized spacial score (nSPS) is 10.8. The van der Waals surface area contributed by atoms with Crippen LogP contribution in [0.15, 0.2) is 40.3 Å².